The van der Waals surface area contributed by atoms with Crippen LogP contribution in [0, 0.1) is 6.92 Å². The summed E-state index contributed by atoms with van der Waals surface area (Å²) >= 11 is 2.39. The molecule has 2 heteroatoms. The fourth-order valence-electron chi connectivity index (χ4n) is 2.01. The highest BCUT2D eigenvalue weighted by Crippen LogP contribution is 2.40. The first-order chi connectivity index (χ1) is 7.57. The van der Waals surface area contributed by atoms with E-state index in [9.17, 15) is 0 Å². The van der Waals surface area contributed by atoms with Gasteiger partial charge in [-0.2, -0.15) is 0 Å². The standard InChI is InChI=1S/C15H24O.Al/c1-10-8-11(14(2,3)4)13(16)12(9-10)15(5,6)7;/h8-9,16H,1-7H3;/q;+1/p-1. The van der Waals surface area contributed by atoms with Crippen LogP contribution in [0.25, 0.3) is 0 Å². The van der Waals surface area contributed by atoms with E-state index in [-0.39, 0.29) is 10.8 Å². The van der Waals surface area contributed by atoms with Crippen molar-refractivity contribution in [3.8, 4) is 5.75 Å². The molecule has 0 aliphatic rings. The molecule has 0 aliphatic heterocycles. The minimum atomic E-state index is 0.0952. The molecule has 1 aromatic rings. The summed E-state index contributed by atoms with van der Waals surface area (Å²) in [4.78, 5) is 0. The second-order valence-electron chi connectivity index (χ2n) is 6.81. The Balaban J connectivity index is 3.58. The van der Waals surface area contributed by atoms with Gasteiger partial charge in [-0.1, -0.05) is 59.2 Å². The predicted molar refractivity (Wildman–Crippen MR) is 75.0 cm³/mol. The topological polar surface area (TPSA) is 9.23 Å². The monoisotopic (exact) mass is 246 g/mol. The fourth-order valence-corrected chi connectivity index (χ4v) is 2.27. The molecule has 17 heavy (non-hydrogen) atoms. The summed E-state index contributed by atoms with van der Waals surface area (Å²) in [5.74, 6) is 1.01. The molecule has 0 amide bonds. The van der Waals surface area contributed by atoms with E-state index in [0.717, 1.165) is 5.75 Å². The largest absolute Gasteiger partial charge is 0.653 e. The normalized spacial score (nSPS) is 12.6. The molecular weight excluding hydrogens is 223 g/mol. The van der Waals surface area contributed by atoms with E-state index < -0.39 is 0 Å². The van der Waals surface area contributed by atoms with Crippen LogP contribution in [-0.2, 0) is 10.8 Å². The van der Waals surface area contributed by atoms with Crippen LogP contribution in [0.1, 0.15) is 58.2 Å². The smallest absolute Gasteiger partial charge is 0.482 e. The van der Waals surface area contributed by atoms with Crippen molar-refractivity contribution in [1.29, 1.82) is 0 Å². The van der Waals surface area contributed by atoms with Crippen molar-refractivity contribution in [2.75, 3.05) is 0 Å². The van der Waals surface area contributed by atoms with Crippen LogP contribution < -0.4 is 3.79 Å². The third-order valence-electron chi connectivity index (χ3n) is 2.97. The second kappa shape index (κ2) is 4.67. The van der Waals surface area contributed by atoms with Gasteiger partial charge in [0.15, 0.2) is 0 Å². The Labute approximate surface area is 114 Å². The number of rotatable bonds is 1. The third-order valence-corrected chi connectivity index (χ3v) is 3.20. The van der Waals surface area contributed by atoms with Crippen molar-refractivity contribution in [3.05, 3.63) is 28.8 Å². The zero-order chi connectivity index (χ0) is 13.4. The Morgan fingerprint density at radius 1 is 0.882 bits per heavy atom. The molecule has 0 aromatic heterocycles. The van der Waals surface area contributed by atoms with Crippen LogP contribution in [0.3, 0.4) is 0 Å². The summed E-state index contributed by atoms with van der Waals surface area (Å²) in [6.45, 7) is 15.5. The maximum absolute atomic E-state index is 5.60. The number of hydrogen-bond donors (Lipinski definition) is 0. The van der Waals surface area contributed by atoms with Crippen LogP contribution in [0.4, 0.5) is 0 Å². The summed E-state index contributed by atoms with van der Waals surface area (Å²) in [7, 11) is 0. The first kappa shape index (κ1) is 14.6. The van der Waals surface area contributed by atoms with Gasteiger partial charge in [-0.15, -0.1) is 0 Å². The molecule has 1 nitrogen and oxygen atoms in total. The van der Waals surface area contributed by atoms with Crippen molar-refractivity contribution in [2.24, 2.45) is 0 Å². The molecular formula is C15H23AlO. The Bertz CT molecular complexity index is 373. The SMILES string of the molecule is Cc1cc(C(C)(C)C)c([O][Al])c(C(C)(C)C)c1. The molecule has 0 atom stereocenters. The summed E-state index contributed by atoms with van der Waals surface area (Å²) in [6.07, 6.45) is 0. The molecule has 0 spiro atoms. The minimum Gasteiger partial charge on any atom is -0.653 e. The van der Waals surface area contributed by atoms with Gasteiger partial charge in [0, 0.05) is 0 Å². The van der Waals surface area contributed by atoms with E-state index in [4.69, 9.17) is 3.79 Å². The van der Waals surface area contributed by atoms with Gasteiger partial charge in [-0.25, -0.2) is 0 Å². The van der Waals surface area contributed by atoms with Crippen LogP contribution in [0.2, 0.25) is 0 Å². The molecule has 0 aliphatic carbocycles. The lowest BCUT2D eigenvalue weighted by molar-refractivity contribution is 0.500. The van der Waals surface area contributed by atoms with Crippen molar-refractivity contribution in [1.82, 2.24) is 0 Å². The van der Waals surface area contributed by atoms with Gasteiger partial charge in [0.25, 0.3) is 0 Å². The van der Waals surface area contributed by atoms with Crippen LogP contribution in [0.15, 0.2) is 12.1 Å². The van der Waals surface area contributed by atoms with Crippen LogP contribution in [0.5, 0.6) is 5.75 Å². The van der Waals surface area contributed by atoms with Crippen LogP contribution >= 0.6 is 0 Å². The summed E-state index contributed by atoms with van der Waals surface area (Å²) in [5.41, 5.74) is 4.04. The second-order valence-corrected chi connectivity index (χ2v) is 7.04. The molecule has 0 unspecified atom stereocenters. The van der Waals surface area contributed by atoms with Gasteiger partial charge in [-0.05, 0) is 28.9 Å². The Hall–Kier alpha value is -0.448. The molecule has 0 N–H and O–H groups in total. The molecule has 1 aromatic carbocycles. The maximum Gasteiger partial charge on any atom is 0.482 e. The van der Waals surface area contributed by atoms with Gasteiger partial charge in [0.05, 0.1) is 5.75 Å². The van der Waals surface area contributed by atoms with Gasteiger partial charge in [0.2, 0.25) is 0 Å². The average molecular weight is 246 g/mol. The van der Waals surface area contributed by atoms with Crippen molar-refractivity contribution in [2.45, 2.75) is 59.3 Å². The highest BCUT2D eigenvalue weighted by molar-refractivity contribution is 6.00. The highest BCUT2D eigenvalue weighted by Gasteiger charge is 2.25. The van der Waals surface area contributed by atoms with E-state index in [0.29, 0.717) is 0 Å². The maximum atomic E-state index is 5.60. The summed E-state index contributed by atoms with van der Waals surface area (Å²) < 4.78 is 5.60. The molecule has 0 fully saturated rings. The molecule has 92 valence electrons. The Kier molecular flexibility index (Phi) is 4.02. The van der Waals surface area contributed by atoms with Gasteiger partial charge in [0.1, 0.15) is 0 Å². The lowest BCUT2D eigenvalue weighted by Crippen LogP contribution is -2.19. The van der Waals surface area contributed by atoms with Gasteiger partial charge >= 0.3 is 16.6 Å². The third kappa shape index (κ3) is 3.27. The zero-order valence-electron chi connectivity index (χ0n) is 12.1. The van der Waals surface area contributed by atoms with Crippen LogP contribution in [-0.4, -0.2) is 16.6 Å². The molecule has 1 rings (SSSR count). The molecule has 2 radical (unpaired) electrons. The number of hydrogen-bond acceptors (Lipinski definition) is 1. The molecule has 0 saturated carbocycles. The Morgan fingerprint density at radius 2 is 1.24 bits per heavy atom. The first-order valence-electron chi connectivity index (χ1n) is 6.09. The minimum absolute atomic E-state index is 0.0952. The number of benzene rings is 1. The van der Waals surface area contributed by atoms with E-state index in [1.807, 2.05) is 0 Å². The molecule has 0 saturated heterocycles. The van der Waals surface area contributed by atoms with Crippen molar-refractivity contribution >= 4 is 16.6 Å². The van der Waals surface area contributed by atoms with E-state index in [2.05, 4.69) is 77.2 Å². The lowest BCUT2D eigenvalue weighted by atomic mass is 9.78. The summed E-state index contributed by atoms with van der Waals surface area (Å²) in [5, 5.41) is 0. The van der Waals surface area contributed by atoms with Crippen molar-refractivity contribution < 1.29 is 3.79 Å². The fraction of sp³-hybridized carbons (Fsp3) is 0.600. The van der Waals surface area contributed by atoms with Gasteiger partial charge < -0.3 is 3.79 Å². The van der Waals surface area contributed by atoms with E-state index in [1.165, 1.54) is 16.7 Å². The Morgan fingerprint density at radius 3 is 1.47 bits per heavy atom. The first-order valence-corrected chi connectivity index (χ1v) is 6.57. The quantitative estimate of drug-likeness (QED) is 0.679. The zero-order valence-corrected chi connectivity index (χ0v) is 13.3. The average Bonchev–Trinajstić information content (AvgIpc) is 2.13. The number of aryl methyl sites for hydroxylation is 1. The van der Waals surface area contributed by atoms with Gasteiger partial charge in [-0.3, -0.25) is 0 Å². The summed E-state index contributed by atoms with van der Waals surface area (Å²) in [6, 6.07) is 4.46. The molecule has 0 bridgehead atoms. The predicted octanol–water partition coefficient (Wildman–Crippen LogP) is 4.05. The van der Waals surface area contributed by atoms with E-state index in [1.54, 1.807) is 0 Å². The molecule has 0 heterocycles. The van der Waals surface area contributed by atoms with E-state index >= 15 is 0 Å². The lowest BCUT2D eigenvalue weighted by Gasteiger charge is -2.30. The van der Waals surface area contributed by atoms with Crippen molar-refractivity contribution in [3.63, 3.8) is 0 Å². The highest BCUT2D eigenvalue weighted by atomic mass is 27.1.